The Labute approximate surface area is 169 Å². The second kappa shape index (κ2) is 12.9. The lowest BCUT2D eigenvalue weighted by atomic mass is 9.98. The van der Waals surface area contributed by atoms with Gasteiger partial charge in [-0.05, 0) is 12.8 Å². The molecule has 4 atom stereocenters. The van der Waals surface area contributed by atoms with Gasteiger partial charge in [0.2, 0.25) is 23.6 Å². The lowest BCUT2D eigenvalue weighted by Gasteiger charge is -2.25. The summed E-state index contributed by atoms with van der Waals surface area (Å²) in [5.74, 6) is -4.02. The summed E-state index contributed by atoms with van der Waals surface area (Å²) in [7, 11) is 0. The molecule has 0 saturated carbocycles. The van der Waals surface area contributed by atoms with Crippen LogP contribution < -0.4 is 27.0 Å². The molecule has 0 rings (SSSR count). The van der Waals surface area contributed by atoms with E-state index in [1.54, 1.807) is 6.92 Å². The molecule has 0 radical (unpaired) electrons. The molecule has 0 aromatic carbocycles. The molecule has 0 bridgehead atoms. The third kappa shape index (κ3) is 9.04. The Morgan fingerprint density at radius 3 is 2.07 bits per heavy atom. The molecule has 0 heterocycles. The van der Waals surface area contributed by atoms with E-state index < -0.39 is 54.3 Å². The summed E-state index contributed by atoms with van der Waals surface area (Å²) in [4.78, 5) is 58.6. The Morgan fingerprint density at radius 2 is 1.61 bits per heavy atom. The van der Waals surface area contributed by atoms with Crippen LogP contribution in [0, 0.1) is 5.92 Å². The summed E-state index contributed by atoms with van der Waals surface area (Å²) >= 11 is 3.88. The fourth-order valence-corrected chi connectivity index (χ4v) is 2.31. The lowest BCUT2D eigenvalue weighted by molar-refractivity contribution is -0.141. The second-order valence-electron chi connectivity index (χ2n) is 6.22. The monoisotopic (exact) mass is 419 g/mol. The van der Waals surface area contributed by atoms with Gasteiger partial charge < -0.3 is 32.1 Å². The number of amides is 4. The molecule has 12 heteroatoms. The molecule has 0 aromatic rings. The van der Waals surface area contributed by atoms with Crippen molar-refractivity contribution in [2.75, 3.05) is 18.8 Å². The molecule has 0 aliphatic rings. The van der Waals surface area contributed by atoms with Crippen molar-refractivity contribution in [2.45, 2.75) is 45.3 Å². The van der Waals surface area contributed by atoms with E-state index in [1.807, 2.05) is 6.92 Å². The summed E-state index contributed by atoms with van der Waals surface area (Å²) in [5, 5.41) is 18.5. The molecule has 0 fully saturated rings. The van der Waals surface area contributed by atoms with Crippen LogP contribution in [0.15, 0.2) is 0 Å². The largest absolute Gasteiger partial charge is 0.480 e. The predicted molar refractivity (Wildman–Crippen MR) is 104 cm³/mol. The van der Waals surface area contributed by atoms with Gasteiger partial charge in [-0.1, -0.05) is 20.3 Å². The normalized spacial score (nSPS) is 14.8. The second-order valence-corrected chi connectivity index (χ2v) is 6.59. The Kier molecular flexibility index (Phi) is 11.9. The summed E-state index contributed by atoms with van der Waals surface area (Å²) in [6.45, 7) is 4.28. The topological polar surface area (TPSA) is 180 Å². The molecule has 4 amide bonds. The van der Waals surface area contributed by atoms with Crippen molar-refractivity contribution >= 4 is 42.2 Å². The third-order valence-electron chi connectivity index (χ3n) is 3.99. The van der Waals surface area contributed by atoms with Crippen LogP contribution in [0.1, 0.15) is 27.2 Å². The van der Waals surface area contributed by atoms with Gasteiger partial charge in [0.15, 0.2) is 0 Å². The van der Waals surface area contributed by atoms with Crippen LogP contribution in [0.3, 0.4) is 0 Å². The van der Waals surface area contributed by atoms with E-state index >= 15 is 0 Å². The average molecular weight is 420 g/mol. The van der Waals surface area contributed by atoms with E-state index in [0.717, 1.165) is 0 Å². The molecule has 0 aliphatic heterocycles. The van der Waals surface area contributed by atoms with Crippen molar-refractivity contribution < 1.29 is 29.1 Å². The van der Waals surface area contributed by atoms with Crippen LogP contribution >= 0.6 is 12.6 Å². The van der Waals surface area contributed by atoms with Gasteiger partial charge in [-0.25, -0.2) is 4.79 Å². The first-order chi connectivity index (χ1) is 13.1. The highest BCUT2D eigenvalue weighted by Gasteiger charge is 2.29. The highest BCUT2D eigenvalue weighted by Crippen LogP contribution is 2.08. The van der Waals surface area contributed by atoms with Crippen LogP contribution in [0.25, 0.3) is 0 Å². The number of nitrogens with two attached hydrogens (primary N) is 1. The number of aliphatic carboxylic acids is 1. The smallest absolute Gasteiger partial charge is 0.327 e. The first-order valence-electron chi connectivity index (χ1n) is 8.77. The maximum absolute atomic E-state index is 12.4. The van der Waals surface area contributed by atoms with E-state index in [-0.39, 0.29) is 18.2 Å². The van der Waals surface area contributed by atoms with Gasteiger partial charge in [0.05, 0.1) is 13.1 Å². The van der Waals surface area contributed by atoms with Crippen molar-refractivity contribution in [3.63, 3.8) is 0 Å². The van der Waals surface area contributed by atoms with Crippen LogP contribution in [-0.2, 0) is 24.0 Å². The fraction of sp³-hybridized carbons (Fsp3) is 0.688. The van der Waals surface area contributed by atoms with E-state index in [9.17, 15) is 24.0 Å². The van der Waals surface area contributed by atoms with E-state index in [2.05, 4.69) is 33.9 Å². The van der Waals surface area contributed by atoms with Gasteiger partial charge in [0.1, 0.15) is 18.1 Å². The highest BCUT2D eigenvalue weighted by molar-refractivity contribution is 7.80. The minimum Gasteiger partial charge on any atom is -0.480 e. The Morgan fingerprint density at radius 1 is 1.00 bits per heavy atom. The van der Waals surface area contributed by atoms with E-state index in [0.29, 0.717) is 6.42 Å². The summed E-state index contributed by atoms with van der Waals surface area (Å²) in [5.41, 5.74) is 5.14. The quantitative estimate of drug-likeness (QED) is 0.172. The van der Waals surface area contributed by atoms with Gasteiger partial charge in [-0.15, -0.1) is 0 Å². The molecule has 11 nitrogen and oxygen atoms in total. The Balaban J connectivity index is 4.81. The summed E-state index contributed by atoms with van der Waals surface area (Å²) in [6.07, 6.45) is 0.547. The van der Waals surface area contributed by atoms with Gasteiger partial charge in [-0.3, -0.25) is 19.2 Å². The van der Waals surface area contributed by atoms with E-state index in [1.165, 1.54) is 6.92 Å². The van der Waals surface area contributed by atoms with Crippen LogP contribution in [0.2, 0.25) is 0 Å². The van der Waals surface area contributed by atoms with Gasteiger partial charge in [0, 0.05) is 5.75 Å². The SMILES string of the molecule is CC[C@H](C)[C@H](NC(=O)CNC(=O)[C@H](C)NC(=O)CN)C(=O)N[C@@H](CS)C(=O)O. The number of nitrogens with one attached hydrogen (secondary N) is 4. The number of carbonyl (C=O) groups excluding carboxylic acids is 4. The molecule has 28 heavy (non-hydrogen) atoms. The number of hydrogen-bond donors (Lipinski definition) is 7. The van der Waals surface area contributed by atoms with Crippen molar-refractivity contribution in [2.24, 2.45) is 11.7 Å². The lowest BCUT2D eigenvalue weighted by Crippen LogP contribution is -2.56. The zero-order chi connectivity index (χ0) is 21.9. The van der Waals surface area contributed by atoms with Crippen molar-refractivity contribution in [3.05, 3.63) is 0 Å². The number of carbonyl (C=O) groups is 5. The summed E-state index contributed by atoms with van der Waals surface area (Å²) in [6, 6.07) is -3.05. The van der Waals surface area contributed by atoms with Crippen LogP contribution in [-0.4, -0.2) is 71.7 Å². The van der Waals surface area contributed by atoms with E-state index in [4.69, 9.17) is 10.8 Å². The standard InChI is InChI=1S/C16H29N5O6S/c1-4-8(2)13(15(25)20-10(7-28)16(26)27)21-12(23)6-18-14(24)9(3)19-11(22)5-17/h8-10,13,28H,4-7,17H2,1-3H3,(H,18,24)(H,19,22)(H,20,25)(H,21,23)(H,26,27)/t8-,9-,10-,13-/m0/s1. The molecule has 0 aromatic heterocycles. The molecule has 0 unspecified atom stereocenters. The molecule has 0 aliphatic carbocycles. The maximum atomic E-state index is 12.4. The van der Waals surface area contributed by atoms with Gasteiger partial charge in [-0.2, -0.15) is 12.6 Å². The van der Waals surface area contributed by atoms with Crippen LogP contribution in [0.4, 0.5) is 0 Å². The first kappa shape index (κ1) is 25.7. The van der Waals surface area contributed by atoms with Crippen molar-refractivity contribution in [1.82, 2.24) is 21.3 Å². The molecule has 0 spiro atoms. The van der Waals surface area contributed by atoms with Gasteiger partial charge >= 0.3 is 5.97 Å². The maximum Gasteiger partial charge on any atom is 0.327 e. The minimum absolute atomic E-state index is 0.106. The fourth-order valence-electron chi connectivity index (χ4n) is 2.06. The summed E-state index contributed by atoms with van der Waals surface area (Å²) < 4.78 is 0. The number of carboxylic acid groups (broad SMARTS) is 1. The number of hydrogen-bond acceptors (Lipinski definition) is 7. The van der Waals surface area contributed by atoms with Crippen LogP contribution in [0.5, 0.6) is 0 Å². The van der Waals surface area contributed by atoms with Crippen molar-refractivity contribution in [1.29, 1.82) is 0 Å². The Hall–Kier alpha value is -2.34. The average Bonchev–Trinajstić information content (AvgIpc) is 2.66. The number of rotatable bonds is 12. The number of carboxylic acids is 1. The molecule has 0 saturated heterocycles. The molecule has 160 valence electrons. The highest BCUT2D eigenvalue weighted by atomic mass is 32.1. The third-order valence-corrected chi connectivity index (χ3v) is 4.35. The van der Waals surface area contributed by atoms with Gasteiger partial charge in [0.25, 0.3) is 0 Å². The molecular weight excluding hydrogens is 390 g/mol. The number of thiol groups is 1. The zero-order valence-electron chi connectivity index (χ0n) is 16.2. The predicted octanol–water partition coefficient (Wildman–Crippen LogP) is -2.40. The Bertz CT molecular complexity index is 588. The zero-order valence-corrected chi connectivity index (χ0v) is 17.0. The van der Waals surface area contributed by atoms with Crippen molar-refractivity contribution in [3.8, 4) is 0 Å². The first-order valence-corrected chi connectivity index (χ1v) is 9.41. The molecular formula is C16H29N5O6S. The minimum atomic E-state index is -1.24. The molecule has 7 N–H and O–H groups in total.